The highest BCUT2D eigenvalue weighted by Gasteiger charge is 2.28. The van der Waals surface area contributed by atoms with Gasteiger partial charge in [0.05, 0.1) is 0 Å². The standard InChI is InChI=1S/C15H29NO2/c1-11(2)10-13(16-15(3,4)5)14(17)18-12-8-6-7-9-12/h11-13,16H,6-10H2,1-5H3/t13-/m0/s1. The second-order valence-electron chi connectivity index (χ2n) is 6.92. The van der Waals surface area contributed by atoms with Gasteiger partial charge in [0, 0.05) is 5.54 Å². The minimum atomic E-state index is -0.175. The third-order valence-electron chi connectivity index (χ3n) is 3.18. The van der Waals surface area contributed by atoms with E-state index in [1.807, 2.05) is 0 Å². The van der Waals surface area contributed by atoms with Crippen LogP contribution in [0.25, 0.3) is 0 Å². The van der Waals surface area contributed by atoms with E-state index in [4.69, 9.17) is 4.74 Å². The van der Waals surface area contributed by atoms with E-state index >= 15 is 0 Å². The lowest BCUT2D eigenvalue weighted by molar-refractivity contribution is -0.152. The lowest BCUT2D eigenvalue weighted by Gasteiger charge is -2.29. The number of carbonyl (C=O) groups is 1. The average molecular weight is 255 g/mol. The van der Waals surface area contributed by atoms with E-state index in [-0.39, 0.29) is 23.7 Å². The largest absolute Gasteiger partial charge is 0.461 e. The molecule has 0 saturated heterocycles. The minimum absolute atomic E-state index is 0.0613. The van der Waals surface area contributed by atoms with Gasteiger partial charge in [-0.05, 0) is 58.8 Å². The van der Waals surface area contributed by atoms with E-state index in [1.165, 1.54) is 12.8 Å². The van der Waals surface area contributed by atoms with Crippen LogP contribution in [-0.2, 0) is 9.53 Å². The summed E-state index contributed by atoms with van der Waals surface area (Å²) >= 11 is 0. The lowest BCUT2D eigenvalue weighted by atomic mass is 10.00. The van der Waals surface area contributed by atoms with Gasteiger partial charge in [0.1, 0.15) is 12.1 Å². The van der Waals surface area contributed by atoms with Crippen molar-refractivity contribution in [1.29, 1.82) is 0 Å². The molecule has 0 heterocycles. The van der Waals surface area contributed by atoms with Gasteiger partial charge in [0.15, 0.2) is 0 Å². The van der Waals surface area contributed by atoms with Crippen molar-refractivity contribution in [2.24, 2.45) is 5.92 Å². The highest BCUT2D eigenvalue weighted by atomic mass is 16.5. The van der Waals surface area contributed by atoms with Crippen LogP contribution < -0.4 is 5.32 Å². The van der Waals surface area contributed by atoms with Crippen LogP contribution in [-0.4, -0.2) is 23.7 Å². The molecule has 0 radical (unpaired) electrons. The Morgan fingerprint density at radius 1 is 1.28 bits per heavy atom. The van der Waals surface area contributed by atoms with Gasteiger partial charge < -0.3 is 4.74 Å². The first-order valence-corrected chi connectivity index (χ1v) is 7.26. The third-order valence-corrected chi connectivity index (χ3v) is 3.18. The molecule has 18 heavy (non-hydrogen) atoms. The van der Waals surface area contributed by atoms with E-state index in [2.05, 4.69) is 39.9 Å². The van der Waals surface area contributed by atoms with Crippen molar-refractivity contribution in [2.75, 3.05) is 0 Å². The maximum atomic E-state index is 12.2. The topological polar surface area (TPSA) is 38.3 Å². The Hall–Kier alpha value is -0.570. The van der Waals surface area contributed by atoms with Crippen molar-refractivity contribution in [1.82, 2.24) is 5.32 Å². The van der Waals surface area contributed by atoms with Crippen molar-refractivity contribution in [2.45, 2.75) is 84.4 Å². The molecular formula is C15H29NO2. The van der Waals surface area contributed by atoms with Gasteiger partial charge >= 0.3 is 5.97 Å². The number of hydrogen-bond donors (Lipinski definition) is 1. The van der Waals surface area contributed by atoms with E-state index in [9.17, 15) is 4.79 Å². The SMILES string of the molecule is CC(C)C[C@H](NC(C)(C)C)C(=O)OC1CCCC1. The summed E-state index contributed by atoms with van der Waals surface area (Å²) in [5, 5.41) is 3.39. The molecule has 106 valence electrons. The van der Waals surface area contributed by atoms with E-state index in [1.54, 1.807) is 0 Å². The van der Waals surface area contributed by atoms with Crippen molar-refractivity contribution >= 4 is 5.97 Å². The second kappa shape index (κ2) is 6.55. The summed E-state index contributed by atoms with van der Waals surface area (Å²) in [5.41, 5.74) is -0.0613. The Labute approximate surface area is 112 Å². The maximum Gasteiger partial charge on any atom is 0.323 e. The van der Waals surface area contributed by atoms with Gasteiger partial charge in [-0.3, -0.25) is 10.1 Å². The number of hydrogen-bond acceptors (Lipinski definition) is 3. The molecule has 1 N–H and O–H groups in total. The van der Waals surface area contributed by atoms with Crippen LogP contribution in [0.15, 0.2) is 0 Å². The number of carbonyl (C=O) groups excluding carboxylic acids is 1. The smallest absolute Gasteiger partial charge is 0.323 e. The normalized spacial score (nSPS) is 19.2. The van der Waals surface area contributed by atoms with Crippen LogP contribution in [0.5, 0.6) is 0 Å². The number of rotatable bonds is 5. The maximum absolute atomic E-state index is 12.2. The minimum Gasteiger partial charge on any atom is -0.461 e. The molecule has 1 fully saturated rings. The molecule has 1 aliphatic rings. The van der Waals surface area contributed by atoms with E-state index in [0.29, 0.717) is 5.92 Å². The fourth-order valence-corrected chi connectivity index (χ4v) is 2.46. The molecular weight excluding hydrogens is 226 g/mol. The van der Waals surface area contributed by atoms with Crippen molar-refractivity contribution < 1.29 is 9.53 Å². The predicted octanol–water partition coefficient (Wildman–Crippen LogP) is 3.28. The zero-order valence-corrected chi connectivity index (χ0v) is 12.6. The van der Waals surface area contributed by atoms with Gasteiger partial charge in [-0.15, -0.1) is 0 Å². The summed E-state index contributed by atoms with van der Waals surface area (Å²) in [5.74, 6) is 0.423. The molecule has 1 rings (SSSR count). The first-order chi connectivity index (χ1) is 8.28. The number of nitrogens with one attached hydrogen (secondary N) is 1. The van der Waals surface area contributed by atoms with E-state index < -0.39 is 0 Å². The first-order valence-electron chi connectivity index (χ1n) is 7.26. The average Bonchev–Trinajstić information content (AvgIpc) is 2.66. The summed E-state index contributed by atoms with van der Waals surface area (Å²) < 4.78 is 5.62. The van der Waals surface area contributed by atoms with Crippen molar-refractivity contribution in [3.8, 4) is 0 Å². The van der Waals surface area contributed by atoms with E-state index in [0.717, 1.165) is 19.3 Å². The Morgan fingerprint density at radius 3 is 2.28 bits per heavy atom. The molecule has 3 heteroatoms. The molecule has 0 amide bonds. The highest BCUT2D eigenvalue weighted by molar-refractivity contribution is 5.76. The lowest BCUT2D eigenvalue weighted by Crippen LogP contribution is -2.49. The molecule has 0 bridgehead atoms. The zero-order valence-electron chi connectivity index (χ0n) is 12.6. The molecule has 1 atom stereocenters. The highest BCUT2D eigenvalue weighted by Crippen LogP contribution is 2.22. The fourth-order valence-electron chi connectivity index (χ4n) is 2.46. The summed E-state index contributed by atoms with van der Waals surface area (Å²) in [6, 6.07) is -0.175. The van der Waals surface area contributed by atoms with Crippen LogP contribution in [0.4, 0.5) is 0 Å². The third kappa shape index (κ3) is 5.85. The Bertz CT molecular complexity index is 262. The number of ether oxygens (including phenoxy) is 1. The van der Waals surface area contributed by atoms with Gasteiger partial charge in [-0.1, -0.05) is 13.8 Å². The molecule has 0 aliphatic heterocycles. The summed E-state index contributed by atoms with van der Waals surface area (Å²) in [7, 11) is 0. The molecule has 1 aliphatic carbocycles. The molecule has 0 spiro atoms. The molecule has 3 nitrogen and oxygen atoms in total. The first kappa shape index (κ1) is 15.5. The Morgan fingerprint density at radius 2 is 1.83 bits per heavy atom. The number of esters is 1. The Balaban J connectivity index is 2.54. The van der Waals surface area contributed by atoms with Gasteiger partial charge in [-0.25, -0.2) is 0 Å². The quantitative estimate of drug-likeness (QED) is 0.766. The summed E-state index contributed by atoms with van der Waals surface area (Å²) in [6.45, 7) is 10.5. The molecule has 0 unspecified atom stereocenters. The van der Waals surface area contributed by atoms with Crippen molar-refractivity contribution in [3.05, 3.63) is 0 Å². The van der Waals surface area contributed by atoms with Gasteiger partial charge in [0.25, 0.3) is 0 Å². The monoisotopic (exact) mass is 255 g/mol. The van der Waals surface area contributed by atoms with Crippen LogP contribution in [0, 0.1) is 5.92 Å². The Kier molecular flexibility index (Phi) is 5.64. The van der Waals surface area contributed by atoms with Crippen LogP contribution in [0.2, 0.25) is 0 Å². The molecule has 1 saturated carbocycles. The van der Waals surface area contributed by atoms with Crippen LogP contribution in [0.1, 0.15) is 66.7 Å². The molecule has 0 aromatic heterocycles. The van der Waals surface area contributed by atoms with Gasteiger partial charge in [-0.2, -0.15) is 0 Å². The van der Waals surface area contributed by atoms with Crippen LogP contribution in [0.3, 0.4) is 0 Å². The fraction of sp³-hybridized carbons (Fsp3) is 0.933. The molecule has 0 aromatic carbocycles. The predicted molar refractivity (Wildman–Crippen MR) is 74.5 cm³/mol. The van der Waals surface area contributed by atoms with Gasteiger partial charge in [0.2, 0.25) is 0 Å². The molecule has 0 aromatic rings. The van der Waals surface area contributed by atoms with Crippen LogP contribution >= 0.6 is 0 Å². The van der Waals surface area contributed by atoms with Crippen molar-refractivity contribution in [3.63, 3.8) is 0 Å². The second-order valence-corrected chi connectivity index (χ2v) is 6.92. The summed E-state index contributed by atoms with van der Waals surface area (Å²) in [4.78, 5) is 12.2. The summed E-state index contributed by atoms with van der Waals surface area (Å²) in [6.07, 6.45) is 5.46. The zero-order chi connectivity index (χ0) is 13.8.